The number of aliphatic carboxylic acids is 1. The molecule has 2 saturated carbocycles. The Kier molecular flexibility index (Phi) is 2.33. The van der Waals surface area contributed by atoms with E-state index in [9.17, 15) is 9.90 Å². The molecule has 0 heterocycles. The van der Waals surface area contributed by atoms with Crippen LogP contribution in [0.2, 0.25) is 0 Å². The van der Waals surface area contributed by atoms with Crippen molar-refractivity contribution in [3.63, 3.8) is 0 Å². The van der Waals surface area contributed by atoms with E-state index in [0.29, 0.717) is 11.3 Å². The van der Waals surface area contributed by atoms with Gasteiger partial charge < -0.3 is 5.11 Å². The average molecular weight is 214 g/mol. The van der Waals surface area contributed by atoms with Crippen LogP contribution < -0.4 is 0 Å². The van der Waals surface area contributed by atoms with Gasteiger partial charge in [0.05, 0.1) is 0 Å². The highest BCUT2D eigenvalue weighted by molar-refractivity contribution is 8.01. The lowest BCUT2D eigenvalue weighted by atomic mass is 9.71. The first kappa shape index (κ1) is 10.3. The minimum atomic E-state index is -0.583. The average Bonchev–Trinajstić information content (AvgIpc) is 2.76. The smallest absolute Gasteiger partial charge is 0.319 e. The van der Waals surface area contributed by atoms with Crippen LogP contribution in [0.3, 0.4) is 0 Å². The Bertz CT molecular complexity index is 248. The third-order valence-corrected chi connectivity index (χ3v) is 5.21. The molecule has 3 heteroatoms. The van der Waals surface area contributed by atoms with Crippen LogP contribution in [-0.2, 0) is 4.79 Å². The molecule has 0 amide bonds. The second-order valence-corrected chi connectivity index (χ2v) is 6.76. The molecule has 2 aliphatic carbocycles. The SMILES string of the molecule is CC(C)CSC1(C(=O)O)CC2(CC2)C1. The van der Waals surface area contributed by atoms with Crippen molar-refractivity contribution in [1.82, 2.24) is 0 Å². The van der Waals surface area contributed by atoms with Gasteiger partial charge in [0.25, 0.3) is 0 Å². The Morgan fingerprint density at radius 3 is 2.36 bits per heavy atom. The van der Waals surface area contributed by atoms with Gasteiger partial charge in [0.2, 0.25) is 0 Å². The molecule has 0 aromatic heterocycles. The van der Waals surface area contributed by atoms with E-state index < -0.39 is 10.7 Å². The lowest BCUT2D eigenvalue weighted by molar-refractivity contribution is -0.144. The monoisotopic (exact) mass is 214 g/mol. The largest absolute Gasteiger partial charge is 0.480 e. The second-order valence-electron chi connectivity index (χ2n) is 5.36. The van der Waals surface area contributed by atoms with Crippen molar-refractivity contribution >= 4 is 17.7 Å². The highest BCUT2D eigenvalue weighted by Crippen LogP contribution is 2.68. The number of carboxylic acid groups (broad SMARTS) is 1. The summed E-state index contributed by atoms with van der Waals surface area (Å²) >= 11 is 1.67. The summed E-state index contributed by atoms with van der Waals surface area (Å²) in [5.74, 6) is 0.982. The predicted molar refractivity (Wildman–Crippen MR) is 58.6 cm³/mol. The quantitative estimate of drug-likeness (QED) is 0.782. The first-order valence-corrected chi connectivity index (χ1v) is 6.34. The molecular formula is C11H18O2S. The number of carbonyl (C=O) groups is 1. The molecule has 0 saturated heterocycles. The summed E-state index contributed by atoms with van der Waals surface area (Å²) in [4.78, 5) is 11.2. The van der Waals surface area contributed by atoms with Crippen molar-refractivity contribution in [3.05, 3.63) is 0 Å². The van der Waals surface area contributed by atoms with Crippen molar-refractivity contribution in [1.29, 1.82) is 0 Å². The number of thioether (sulfide) groups is 1. The molecule has 0 unspecified atom stereocenters. The third kappa shape index (κ3) is 1.67. The fourth-order valence-corrected chi connectivity index (χ4v) is 3.92. The Morgan fingerprint density at radius 1 is 1.43 bits per heavy atom. The number of hydrogen-bond donors (Lipinski definition) is 1. The fourth-order valence-electron chi connectivity index (χ4n) is 2.33. The fraction of sp³-hybridized carbons (Fsp3) is 0.909. The van der Waals surface area contributed by atoms with Gasteiger partial charge in [-0.15, -0.1) is 11.8 Å². The van der Waals surface area contributed by atoms with E-state index in [1.807, 2.05) is 0 Å². The number of rotatable bonds is 4. The maximum atomic E-state index is 11.2. The minimum Gasteiger partial charge on any atom is -0.480 e. The van der Waals surface area contributed by atoms with Crippen LogP contribution >= 0.6 is 11.8 Å². The van der Waals surface area contributed by atoms with Gasteiger partial charge >= 0.3 is 5.97 Å². The molecule has 0 aromatic carbocycles. The van der Waals surface area contributed by atoms with Gasteiger partial charge in [0.15, 0.2) is 0 Å². The lowest BCUT2D eigenvalue weighted by Crippen LogP contribution is -2.49. The van der Waals surface area contributed by atoms with Gasteiger partial charge in [-0.2, -0.15) is 0 Å². The highest BCUT2D eigenvalue weighted by atomic mass is 32.2. The molecule has 0 bridgehead atoms. The summed E-state index contributed by atoms with van der Waals surface area (Å²) in [7, 11) is 0. The van der Waals surface area contributed by atoms with Crippen molar-refractivity contribution < 1.29 is 9.90 Å². The molecule has 0 aliphatic heterocycles. The highest BCUT2D eigenvalue weighted by Gasteiger charge is 2.64. The van der Waals surface area contributed by atoms with Gasteiger partial charge in [-0.1, -0.05) is 13.8 Å². The van der Waals surface area contributed by atoms with E-state index >= 15 is 0 Å². The zero-order valence-electron chi connectivity index (χ0n) is 8.88. The Morgan fingerprint density at radius 2 is 2.00 bits per heavy atom. The lowest BCUT2D eigenvalue weighted by Gasteiger charge is -2.45. The normalized spacial score (nSPS) is 26.2. The zero-order chi connectivity index (χ0) is 10.4. The predicted octanol–water partition coefficient (Wildman–Crippen LogP) is 2.77. The molecule has 1 N–H and O–H groups in total. The minimum absolute atomic E-state index is 0.416. The first-order valence-electron chi connectivity index (χ1n) is 5.35. The van der Waals surface area contributed by atoms with Gasteiger partial charge in [0, 0.05) is 0 Å². The van der Waals surface area contributed by atoms with Crippen LogP contribution in [0.4, 0.5) is 0 Å². The van der Waals surface area contributed by atoms with E-state index in [0.717, 1.165) is 18.6 Å². The molecule has 80 valence electrons. The molecule has 2 nitrogen and oxygen atoms in total. The van der Waals surface area contributed by atoms with Gasteiger partial charge in [-0.3, -0.25) is 4.79 Å². The summed E-state index contributed by atoms with van der Waals surface area (Å²) in [6, 6.07) is 0. The van der Waals surface area contributed by atoms with Crippen molar-refractivity contribution in [2.24, 2.45) is 11.3 Å². The summed E-state index contributed by atoms with van der Waals surface area (Å²) in [5.41, 5.74) is 0.475. The van der Waals surface area contributed by atoms with E-state index in [1.54, 1.807) is 11.8 Å². The topological polar surface area (TPSA) is 37.3 Å². The summed E-state index contributed by atoms with van der Waals surface area (Å²) < 4.78 is -0.416. The Labute approximate surface area is 89.5 Å². The van der Waals surface area contributed by atoms with E-state index in [1.165, 1.54) is 12.8 Å². The summed E-state index contributed by atoms with van der Waals surface area (Å²) in [6.07, 6.45) is 4.38. The second kappa shape index (κ2) is 3.16. The molecule has 0 aromatic rings. The van der Waals surface area contributed by atoms with Gasteiger partial charge in [-0.25, -0.2) is 0 Å². The molecule has 14 heavy (non-hydrogen) atoms. The molecule has 0 radical (unpaired) electrons. The van der Waals surface area contributed by atoms with Crippen molar-refractivity contribution in [2.75, 3.05) is 5.75 Å². The molecular weight excluding hydrogens is 196 g/mol. The molecule has 2 fully saturated rings. The van der Waals surface area contributed by atoms with Crippen molar-refractivity contribution in [2.45, 2.75) is 44.3 Å². The molecule has 2 aliphatic rings. The first-order chi connectivity index (χ1) is 6.48. The Hall–Kier alpha value is -0.180. The number of carboxylic acids is 1. The molecule has 2 rings (SSSR count). The maximum Gasteiger partial charge on any atom is 0.319 e. The van der Waals surface area contributed by atoms with Gasteiger partial charge in [0.1, 0.15) is 4.75 Å². The summed E-state index contributed by atoms with van der Waals surface area (Å²) in [5, 5.41) is 9.24. The van der Waals surface area contributed by atoms with Crippen molar-refractivity contribution in [3.8, 4) is 0 Å². The van der Waals surface area contributed by atoms with Crippen LogP contribution in [0.25, 0.3) is 0 Å². The number of hydrogen-bond acceptors (Lipinski definition) is 2. The summed E-state index contributed by atoms with van der Waals surface area (Å²) in [6.45, 7) is 4.29. The standard InChI is InChI=1S/C11H18O2S/c1-8(2)5-14-11(9(12)13)6-10(7-11)3-4-10/h8H,3-7H2,1-2H3,(H,12,13). The molecule has 0 atom stereocenters. The Balaban J connectivity index is 1.92. The van der Waals surface area contributed by atoms with E-state index in [4.69, 9.17) is 0 Å². The van der Waals surface area contributed by atoms with Crippen LogP contribution in [0.1, 0.15) is 39.5 Å². The molecule has 1 spiro atoms. The van der Waals surface area contributed by atoms with E-state index in [-0.39, 0.29) is 0 Å². The van der Waals surface area contributed by atoms with Crippen LogP contribution in [0, 0.1) is 11.3 Å². The third-order valence-electron chi connectivity index (χ3n) is 3.36. The van der Waals surface area contributed by atoms with Crippen LogP contribution in [0.5, 0.6) is 0 Å². The maximum absolute atomic E-state index is 11.2. The zero-order valence-corrected chi connectivity index (χ0v) is 9.69. The van der Waals surface area contributed by atoms with Gasteiger partial charge in [-0.05, 0) is 42.8 Å². The van der Waals surface area contributed by atoms with E-state index in [2.05, 4.69) is 13.8 Å². The van der Waals surface area contributed by atoms with Crippen LogP contribution in [0.15, 0.2) is 0 Å². The van der Waals surface area contributed by atoms with Crippen LogP contribution in [-0.4, -0.2) is 21.6 Å².